The van der Waals surface area contributed by atoms with E-state index in [0.717, 1.165) is 6.26 Å². The van der Waals surface area contributed by atoms with E-state index in [1.54, 1.807) is 0 Å². The summed E-state index contributed by atoms with van der Waals surface area (Å²) in [5, 5.41) is 2.69. The van der Waals surface area contributed by atoms with Crippen molar-refractivity contribution in [2.75, 3.05) is 12.9 Å². The molecule has 100 valence electrons. The van der Waals surface area contributed by atoms with E-state index in [0.29, 0.717) is 5.75 Å². The number of nitrogens with one attached hydrogen (secondary N) is 1. The largest absolute Gasteiger partial charge is 0.484 e. The summed E-state index contributed by atoms with van der Waals surface area (Å²) in [6, 6.07) is 6.02. The maximum Gasteiger partial charge on any atom is 0.258 e. The first-order chi connectivity index (χ1) is 8.29. The number of ether oxygens (including phenoxy) is 1. The molecule has 5 nitrogen and oxygen atoms in total. The van der Waals surface area contributed by atoms with E-state index in [-0.39, 0.29) is 23.5 Å². The molecule has 0 aromatic heterocycles. The molecule has 0 spiro atoms. The van der Waals surface area contributed by atoms with Crippen molar-refractivity contribution >= 4 is 15.7 Å². The highest BCUT2D eigenvalue weighted by Crippen LogP contribution is 2.15. The lowest BCUT2D eigenvalue weighted by Gasteiger charge is -2.09. The SMILES string of the molecule is CC(C)NC(=O)COc1ccc(S(C)(=O)=O)cc1. The molecule has 0 aliphatic carbocycles. The van der Waals surface area contributed by atoms with E-state index in [1.807, 2.05) is 13.8 Å². The summed E-state index contributed by atoms with van der Waals surface area (Å²) in [7, 11) is -3.20. The Kier molecular flexibility index (Phi) is 4.72. The van der Waals surface area contributed by atoms with E-state index in [1.165, 1.54) is 24.3 Å². The summed E-state index contributed by atoms with van der Waals surface area (Å²) < 4.78 is 27.7. The van der Waals surface area contributed by atoms with Crippen LogP contribution >= 0.6 is 0 Å². The maximum atomic E-state index is 11.3. The number of carbonyl (C=O) groups is 1. The van der Waals surface area contributed by atoms with Crippen LogP contribution in [0.3, 0.4) is 0 Å². The Morgan fingerprint density at radius 3 is 2.28 bits per heavy atom. The Hall–Kier alpha value is -1.56. The molecule has 0 bridgehead atoms. The summed E-state index contributed by atoms with van der Waals surface area (Å²) in [5.41, 5.74) is 0. The molecule has 0 radical (unpaired) electrons. The van der Waals surface area contributed by atoms with Crippen molar-refractivity contribution in [3.05, 3.63) is 24.3 Å². The molecule has 0 fully saturated rings. The van der Waals surface area contributed by atoms with E-state index in [4.69, 9.17) is 4.74 Å². The molecule has 18 heavy (non-hydrogen) atoms. The summed E-state index contributed by atoms with van der Waals surface area (Å²) in [4.78, 5) is 11.5. The third-order valence-corrected chi connectivity index (χ3v) is 3.20. The van der Waals surface area contributed by atoms with Gasteiger partial charge in [-0.15, -0.1) is 0 Å². The number of amides is 1. The molecule has 1 amide bonds. The quantitative estimate of drug-likeness (QED) is 0.867. The van der Waals surface area contributed by atoms with Gasteiger partial charge in [-0.1, -0.05) is 0 Å². The average molecular weight is 271 g/mol. The van der Waals surface area contributed by atoms with Gasteiger partial charge in [0, 0.05) is 12.3 Å². The van der Waals surface area contributed by atoms with Gasteiger partial charge in [0.25, 0.3) is 5.91 Å². The number of hydrogen-bond acceptors (Lipinski definition) is 4. The minimum absolute atomic E-state index is 0.0636. The topological polar surface area (TPSA) is 72.5 Å². The Morgan fingerprint density at radius 1 is 1.28 bits per heavy atom. The van der Waals surface area contributed by atoms with Crippen molar-refractivity contribution in [2.24, 2.45) is 0 Å². The first kappa shape index (κ1) is 14.5. The number of rotatable bonds is 5. The van der Waals surface area contributed by atoms with Crippen molar-refractivity contribution in [3.8, 4) is 5.75 Å². The Balaban J connectivity index is 2.57. The lowest BCUT2D eigenvalue weighted by Crippen LogP contribution is -2.34. The van der Waals surface area contributed by atoms with Gasteiger partial charge in [-0.2, -0.15) is 0 Å². The Labute approximate surface area is 107 Å². The summed E-state index contributed by atoms with van der Waals surface area (Å²) in [5.74, 6) is 0.249. The van der Waals surface area contributed by atoms with Crippen LogP contribution in [0.4, 0.5) is 0 Å². The van der Waals surface area contributed by atoms with Crippen LogP contribution in [0.25, 0.3) is 0 Å². The van der Waals surface area contributed by atoms with Crippen LogP contribution in [-0.4, -0.2) is 33.2 Å². The molecule has 1 aromatic carbocycles. The van der Waals surface area contributed by atoms with Crippen molar-refractivity contribution in [3.63, 3.8) is 0 Å². The molecule has 0 atom stereocenters. The number of hydrogen-bond donors (Lipinski definition) is 1. The van der Waals surface area contributed by atoms with Gasteiger partial charge in [0.2, 0.25) is 0 Å². The second-order valence-electron chi connectivity index (χ2n) is 4.25. The minimum Gasteiger partial charge on any atom is -0.484 e. The van der Waals surface area contributed by atoms with Gasteiger partial charge in [0.15, 0.2) is 16.4 Å². The highest BCUT2D eigenvalue weighted by molar-refractivity contribution is 7.90. The van der Waals surface area contributed by atoms with E-state index in [2.05, 4.69) is 5.32 Å². The number of sulfone groups is 1. The lowest BCUT2D eigenvalue weighted by molar-refractivity contribution is -0.123. The summed E-state index contributed by atoms with van der Waals surface area (Å²) in [6.07, 6.45) is 1.14. The standard InChI is InChI=1S/C12H17NO4S/c1-9(2)13-12(14)8-17-10-4-6-11(7-5-10)18(3,15)16/h4-7,9H,8H2,1-3H3,(H,13,14). The van der Waals surface area contributed by atoms with Crippen molar-refractivity contribution in [1.29, 1.82) is 0 Å². The number of benzene rings is 1. The first-order valence-electron chi connectivity index (χ1n) is 5.51. The maximum absolute atomic E-state index is 11.3. The molecular formula is C12H17NO4S. The van der Waals surface area contributed by atoms with Gasteiger partial charge in [0.05, 0.1) is 4.90 Å². The van der Waals surface area contributed by atoms with Crippen LogP contribution in [0.15, 0.2) is 29.2 Å². The predicted octanol–water partition coefficient (Wildman–Crippen LogP) is 0.993. The third-order valence-electron chi connectivity index (χ3n) is 2.07. The first-order valence-corrected chi connectivity index (χ1v) is 7.40. The fourth-order valence-electron chi connectivity index (χ4n) is 1.30. The minimum atomic E-state index is -3.20. The van der Waals surface area contributed by atoms with Gasteiger partial charge in [-0.05, 0) is 38.1 Å². The van der Waals surface area contributed by atoms with Crippen molar-refractivity contribution < 1.29 is 17.9 Å². The highest BCUT2D eigenvalue weighted by atomic mass is 32.2. The normalized spacial score (nSPS) is 11.3. The Morgan fingerprint density at radius 2 is 1.83 bits per heavy atom. The molecule has 1 N–H and O–H groups in total. The second kappa shape index (κ2) is 5.86. The summed E-state index contributed by atoms with van der Waals surface area (Å²) >= 11 is 0. The molecule has 0 aliphatic rings. The highest BCUT2D eigenvalue weighted by Gasteiger charge is 2.07. The Bertz CT molecular complexity index is 505. The van der Waals surface area contributed by atoms with Crippen LogP contribution in [0, 0.1) is 0 Å². The van der Waals surface area contributed by atoms with Gasteiger partial charge in [0.1, 0.15) is 5.75 Å². The molecule has 0 saturated carbocycles. The molecule has 0 unspecified atom stereocenters. The molecule has 1 aromatic rings. The average Bonchev–Trinajstić information content (AvgIpc) is 2.25. The summed E-state index contributed by atoms with van der Waals surface area (Å²) in [6.45, 7) is 3.63. The monoisotopic (exact) mass is 271 g/mol. The lowest BCUT2D eigenvalue weighted by atomic mass is 10.3. The molecule has 6 heteroatoms. The smallest absolute Gasteiger partial charge is 0.258 e. The van der Waals surface area contributed by atoms with E-state index >= 15 is 0 Å². The van der Waals surface area contributed by atoms with E-state index < -0.39 is 9.84 Å². The predicted molar refractivity (Wildman–Crippen MR) is 68.3 cm³/mol. The fourth-order valence-corrected chi connectivity index (χ4v) is 1.93. The zero-order valence-electron chi connectivity index (χ0n) is 10.6. The van der Waals surface area contributed by atoms with Gasteiger partial charge < -0.3 is 10.1 Å². The number of carbonyl (C=O) groups excluding carboxylic acids is 1. The second-order valence-corrected chi connectivity index (χ2v) is 6.27. The van der Waals surface area contributed by atoms with Gasteiger partial charge >= 0.3 is 0 Å². The molecule has 0 heterocycles. The van der Waals surface area contributed by atoms with Crippen molar-refractivity contribution in [1.82, 2.24) is 5.32 Å². The van der Waals surface area contributed by atoms with Crippen LogP contribution in [-0.2, 0) is 14.6 Å². The van der Waals surface area contributed by atoms with Crippen LogP contribution in [0.1, 0.15) is 13.8 Å². The van der Waals surface area contributed by atoms with Crippen LogP contribution < -0.4 is 10.1 Å². The van der Waals surface area contributed by atoms with Crippen molar-refractivity contribution in [2.45, 2.75) is 24.8 Å². The van der Waals surface area contributed by atoms with E-state index in [9.17, 15) is 13.2 Å². The zero-order chi connectivity index (χ0) is 13.8. The van der Waals surface area contributed by atoms with Crippen LogP contribution in [0.5, 0.6) is 5.75 Å². The van der Waals surface area contributed by atoms with Crippen LogP contribution in [0.2, 0.25) is 0 Å². The zero-order valence-corrected chi connectivity index (χ0v) is 11.5. The van der Waals surface area contributed by atoms with Gasteiger partial charge in [-0.25, -0.2) is 8.42 Å². The molecular weight excluding hydrogens is 254 g/mol. The molecule has 0 aliphatic heterocycles. The fraction of sp³-hybridized carbons (Fsp3) is 0.417. The van der Waals surface area contributed by atoms with Gasteiger partial charge in [-0.3, -0.25) is 4.79 Å². The molecule has 0 saturated heterocycles. The third kappa shape index (κ3) is 4.75. The molecule has 1 rings (SSSR count).